The van der Waals surface area contributed by atoms with Crippen LogP contribution in [-0.4, -0.2) is 56.8 Å². The van der Waals surface area contributed by atoms with Crippen molar-refractivity contribution in [3.63, 3.8) is 0 Å². The lowest BCUT2D eigenvalue weighted by atomic mass is 9.92. The number of carbonyl (C=O) groups excluding carboxylic acids is 1. The van der Waals surface area contributed by atoms with E-state index in [1.54, 1.807) is 4.90 Å². The minimum Gasteiger partial charge on any atom is -0.354 e. The summed E-state index contributed by atoms with van der Waals surface area (Å²) in [6.45, 7) is 0.142. The van der Waals surface area contributed by atoms with Crippen LogP contribution in [0.5, 0.6) is 0 Å². The van der Waals surface area contributed by atoms with E-state index in [1.165, 1.54) is 24.9 Å². The Morgan fingerprint density at radius 2 is 1.97 bits per heavy atom. The van der Waals surface area contributed by atoms with E-state index >= 15 is 4.39 Å². The van der Waals surface area contributed by atoms with Crippen molar-refractivity contribution in [3.8, 4) is 0 Å². The second-order valence-corrected chi connectivity index (χ2v) is 8.88. The quantitative estimate of drug-likeness (QED) is 0.391. The first-order chi connectivity index (χ1) is 15.3. The normalized spacial score (nSPS) is 24.1. The van der Waals surface area contributed by atoms with Gasteiger partial charge in [-0.05, 0) is 12.5 Å². The fraction of sp³-hybridized carbons (Fsp3) is 0.400. The van der Waals surface area contributed by atoms with Crippen molar-refractivity contribution in [2.75, 3.05) is 24.2 Å². The summed E-state index contributed by atoms with van der Waals surface area (Å²) in [4.78, 5) is 22.7. The number of alkyl halides is 1. The van der Waals surface area contributed by atoms with Crippen LogP contribution in [0.3, 0.4) is 0 Å². The number of hydrazone groups is 1. The zero-order valence-corrected chi connectivity index (χ0v) is 17.7. The van der Waals surface area contributed by atoms with Crippen LogP contribution in [0, 0.1) is 23.4 Å². The summed E-state index contributed by atoms with van der Waals surface area (Å²) in [6.07, 6.45) is 2.63. The lowest BCUT2D eigenvalue weighted by Crippen LogP contribution is -2.48. The highest BCUT2D eigenvalue weighted by molar-refractivity contribution is 7.84. The molecular formula is C20H19F4N5O2S. The molecule has 0 spiro atoms. The predicted molar refractivity (Wildman–Crippen MR) is 109 cm³/mol. The lowest BCUT2D eigenvalue weighted by molar-refractivity contribution is -0.140. The third-order valence-corrected chi connectivity index (χ3v) is 6.35. The molecule has 0 unspecified atom stereocenters. The monoisotopic (exact) mass is 469 g/mol. The van der Waals surface area contributed by atoms with Crippen LogP contribution >= 0.6 is 0 Å². The summed E-state index contributed by atoms with van der Waals surface area (Å²) in [6, 6.07) is 1.69. The van der Waals surface area contributed by atoms with Crippen LogP contribution in [0.15, 0.2) is 34.7 Å². The number of aromatic nitrogens is 2. The number of amides is 1. The Balaban J connectivity index is 1.50. The molecule has 12 heteroatoms. The van der Waals surface area contributed by atoms with Crippen molar-refractivity contribution in [1.29, 1.82) is 0 Å². The highest BCUT2D eigenvalue weighted by atomic mass is 32.2. The Morgan fingerprint density at radius 1 is 1.19 bits per heavy atom. The van der Waals surface area contributed by atoms with Gasteiger partial charge in [0.25, 0.3) is 0 Å². The number of halogens is 4. The van der Waals surface area contributed by atoms with Crippen LogP contribution < -0.4 is 4.90 Å². The van der Waals surface area contributed by atoms with E-state index in [0.717, 1.165) is 11.1 Å². The van der Waals surface area contributed by atoms with Crippen molar-refractivity contribution in [2.24, 2.45) is 11.0 Å². The van der Waals surface area contributed by atoms with Crippen molar-refractivity contribution >= 4 is 28.7 Å². The highest BCUT2D eigenvalue weighted by Crippen LogP contribution is 2.35. The summed E-state index contributed by atoms with van der Waals surface area (Å²) in [5, 5.41) is 5.14. The average Bonchev–Trinajstić information content (AvgIpc) is 3.25. The van der Waals surface area contributed by atoms with Gasteiger partial charge in [0.05, 0.1) is 29.3 Å². The number of piperidine rings is 1. The molecule has 1 amide bonds. The molecule has 4 rings (SSSR count). The van der Waals surface area contributed by atoms with Crippen molar-refractivity contribution in [3.05, 3.63) is 47.5 Å². The molecule has 0 aliphatic carbocycles. The molecule has 170 valence electrons. The Kier molecular flexibility index (Phi) is 6.22. The van der Waals surface area contributed by atoms with E-state index < -0.39 is 52.3 Å². The van der Waals surface area contributed by atoms with Gasteiger partial charge in [0.2, 0.25) is 5.91 Å². The molecule has 1 saturated heterocycles. The molecule has 0 bridgehead atoms. The van der Waals surface area contributed by atoms with Crippen LogP contribution in [0.2, 0.25) is 0 Å². The molecule has 1 fully saturated rings. The molecule has 0 radical (unpaired) electrons. The maximum atomic E-state index is 15.0. The SMILES string of the molecule is C[S@](=O)c1cc(N2CC[C@@H](C(=O)N3N=CC[C@@H]3c3cc(F)cc(F)c3F)[C@@H](F)C2)ncn1. The average molecular weight is 469 g/mol. The number of anilines is 1. The van der Waals surface area contributed by atoms with Crippen molar-refractivity contribution in [2.45, 2.75) is 30.1 Å². The van der Waals surface area contributed by atoms with Gasteiger partial charge < -0.3 is 4.90 Å². The fourth-order valence-electron chi connectivity index (χ4n) is 3.92. The van der Waals surface area contributed by atoms with E-state index in [-0.39, 0.29) is 31.5 Å². The minimum atomic E-state index is -1.59. The first-order valence-electron chi connectivity index (χ1n) is 9.80. The van der Waals surface area contributed by atoms with Gasteiger partial charge in [0.15, 0.2) is 11.6 Å². The van der Waals surface area contributed by atoms with Gasteiger partial charge in [-0.1, -0.05) is 0 Å². The molecule has 1 aromatic heterocycles. The summed E-state index contributed by atoms with van der Waals surface area (Å²) in [5.74, 6) is -4.96. The number of carbonyl (C=O) groups is 1. The maximum absolute atomic E-state index is 15.0. The first kappa shape index (κ1) is 22.3. The van der Waals surface area contributed by atoms with Gasteiger partial charge in [-0.25, -0.2) is 32.5 Å². The van der Waals surface area contributed by atoms with Crippen LogP contribution in [0.1, 0.15) is 24.4 Å². The fourth-order valence-corrected chi connectivity index (χ4v) is 4.39. The zero-order chi connectivity index (χ0) is 23.0. The smallest absolute Gasteiger partial charge is 0.249 e. The van der Waals surface area contributed by atoms with E-state index in [2.05, 4.69) is 15.1 Å². The Hall–Kier alpha value is -2.89. The minimum absolute atomic E-state index is 0.0548. The summed E-state index contributed by atoms with van der Waals surface area (Å²) < 4.78 is 68.3. The van der Waals surface area contributed by atoms with Crippen molar-refractivity contribution in [1.82, 2.24) is 15.0 Å². The largest absolute Gasteiger partial charge is 0.354 e. The number of rotatable bonds is 4. The molecule has 4 atom stereocenters. The van der Waals surface area contributed by atoms with Gasteiger partial charge in [-0.3, -0.25) is 9.00 Å². The topological polar surface area (TPSA) is 78.8 Å². The molecule has 3 heterocycles. The van der Waals surface area contributed by atoms with Gasteiger partial charge >= 0.3 is 0 Å². The Morgan fingerprint density at radius 3 is 2.69 bits per heavy atom. The summed E-state index contributed by atoms with van der Waals surface area (Å²) in [7, 11) is -1.33. The maximum Gasteiger partial charge on any atom is 0.249 e. The molecule has 2 aliphatic rings. The molecule has 0 saturated carbocycles. The Labute approximate surface area is 183 Å². The van der Waals surface area contributed by atoms with Crippen LogP contribution in [0.4, 0.5) is 23.4 Å². The van der Waals surface area contributed by atoms with Gasteiger partial charge in [-0.2, -0.15) is 5.10 Å². The number of hydrogen-bond donors (Lipinski definition) is 0. The molecule has 7 nitrogen and oxygen atoms in total. The van der Waals surface area contributed by atoms with E-state index in [0.29, 0.717) is 16.9 Å². The standard InChI is InChI=1S/C20H19F4N5O2S/c1-32(31)18-8-17(25-10-26-18)28-5-3-12(15(23)9-28)20(30)29-16(2-4-27-29)13-6-11(21)7-14(22)19(13)24/h4,6-8,10,12,15-16H,2-3,5,9H2,1H3/t12-,15+,16-,32+/m1/s1. The third-order valence-electron chi connectivity index (χ3n) is 5.54. The molecule has 2 aromatic rings. The third kappa shape index (κ3) is 4.23. The van der Waals surface area contributed by atoms with E-state index in [4.69, 9.17) is 0 Å². The predicted octanol–water partition coefficient (Wildman–Crippen LogP) is 2.76. The molecule has 2 aliphatic heterocycles. The summed E-state index contributed by atoms with van der Waals surface area (Å²) in [5.41, 5.74) is -0.345. The molecule has 1 aromatic carbocycles. The van der Waals surface area contributed by atoms with E-state index in [9.17, 15) is 22.2 Å². The van der Waals surface area contributed by atoms with E-state index in [1.807, 2.05) is 0 Å². The number of benzene rings is 1. The van der Waals surface area contributed by atoms with Gasteiger partial charge in [0.1, 0.15) is 29.2 Å². The van der Waals surface area contributed by atoms with Crippen LogP contribution in [-0.2, 0) is 15.6 Å². The van der Waals surface area contributed by atoms with Gasteiger partial charge in [-0.15, -0.1) is 0 Å². The second-order valence-electron chi connectivity index (χ2n) is 7.55. The highest BCUT2D eigenvalue weighted by Gasteiger charge is 2.41. The molecular weight excluding hydrogens is 450 g/mol. The van der Waals surface area contributed by atoms with Gasteiger partial charge in [0, 0.05) is 43.1 Å². The molecule has 32 heavy (non-hydrogen) atoms. The second kappa shape index (κ2) is 8.93. The lowest BCUT2D eigenvalue weighted by Gasteiger charge is -2.36. The zero-order valence-electron chi connectivity index (χ0n) is 16.9. The first-order valence-corrected chi connectivity index (χ1v) is 11.4. The molecule has 0 N–H and O–H groups in total. The number of nitrogens with zero attached hydrogens (tertiary/aromatic N) is 5. The Bertz CT molecular complexity index is 1100. The number of hydrogen-bond acceptors (Lipinski definition) is 6. The van der Waals surface area contributed by atoms with Crippen molar-refractivity contribution < 1.29 is 26.6 Å². The van der Waals surface area contributed by atoms with Crippen LogP contribution in [0.25, 0.3) is 0 Å². The summed E-state index contributed by atoms with van der Waals surface area (Å²) >= 11 is 0.